The SMILES string of the molecule is C1=CC2C(c3ccc(N(c4ccc5c(c4)oc4ccccc45)c4ccc5oc6ccccc6c5c4)cc3)=Cc3sc4ccccc4c3C2C=C1. The van der Waals surface area contributed by atoms with Crippen LogP contribution in [0.1, 0.15) is 21.9 Å². The van der Waals surface area contributed by atoms with Crippen LogP contribution in [0.25, 0.3) is 65.6 Å². The molecule has 0 amide bonds. The van der Waals surface area contributed by atoms with Gasteiger partial charge < -0.3 is 13.7 Å². The van der Waals surface area contributed by atoms with E-state index in [0.717, 1.165) is 60.9 Å². The molecular formula is C46H29NO2S. The standard InChI is InChI=1S/C46H29NO2S/c1-2-12-36-32(9-1)38(27-45-46(36)37-13-5-8-16-44(37)50-45)28-17-19-29(20-18-28)47(30-22-24-42-39(25-30)34-11-4-7-15-41(34)48-42)31-21-23-35-33-10-3-6-14-40(33)49-43(35)26-31/h1-27,32,36H. The highest BCUT2D eigenvalue weighted by Crippen LogP contribution is 2.51. The van der Waals surface area contributed by atoms with Gasteiger partial charge in [0.2, 0.25) is 0 Å². The molecule has 0 aliphatic heterocycles. The fourth-order valence-corrected chi connectivity index (χ4v) is 9.40. The average molecular weight is 660 g/mol. The predicted molar refractivity (Wildman–Crippen MR) is 210 cm³/mol. The molecule has 50 heavy (non-hydrogen) atoms. The fourth-order valence-electron chi connectivity index (χ4n) is 8.19. The molecule has 3 aromatic heterocycles. The molecule has 3 heterocycles. The van der Waals surface area contributed by atoms with Crippen molar-refractivity contribution < 1.29 is 8.83 Å². The van der Waals surface area contributed by atoms with Gasteiger partial charge in [-0.15, -0.1) is 11.3 Å². The third-order valence-electron chi connectivity index (χ3n) is 10.5. The quantitative estimate of drug-likeness (QED) is 0.188. The molecule has 2 aliphatic rings. The van der Waals surface area contributed by atoms with Crippen LogP contribution in [-0.4, -0.2) is 0 Å². The van der Waals surface area contributed by atoms with Crippen LogP contribution in [0.5, 0.6) is 0 Å². The summed E-state index contributed by atoms with van der Waals surface area (Å²) in [6, 6.07) is 47.5. The van der Waals surface area contributed by atoms with E-state index in [1.165, 1.54) is 31.7 Å². The Bertz CT molecular complexity index is 2900. The molecule has 0 N–H and O–H groups in total. The van der Waals surface area contributed by atoms with Crippen LogP contribution in [0.3, 0.4) is 0 Å². The van der Waals surface area contributed by atoms with E-state index in [1.54, 1.807) is 0 Å². The molecule has 0 saturated heterocycles. The van der Waals surface area contributed by atoms with E-state index in [-0.39, 0.29) is 0 Å². The Balaban J connectivity index is 1.06. The van der Waals surface area contributed by atoms with E-state index in [2.05, 4.69) is 144 Å². The van der Waals surface area contributed by atoms with Crippen LogP contribution in [0.15, 0.2) is 167 Å². The van der Waals surface area contributed by atoms with E-state index in [1.807, 2.05) is 35.6 Å². The average Bonchev–Trinajstić information content (AvgIpc) is 3.86. The molecule has 0 saturated carbocycles. The molecule has 9 aromatic rings. The number of furan rings is 2. The number of benzene rings is 6. The zero-order valence-electron chi connectivity index (χ0n) is 26.9. The molecule has 0 bridgehead atoms. The third kappa shape index (κ3) is 4.15. The molecule has 6 aromatic carbocycles. The summed E-state index contributed by atoms with van der Waals surface area (Å²) in [5.41, 5.74) is 10.8. The lowest BCUT2D eigenvalue weighted by Gasteiger charge is -2.32. The van der Waals surface area contributed by atoms with Crippen molar-refractivity contribution in [2.75, 3.05) is 4.90 Å². The van der Waals surface area contributed by atoms with Gasteiger partial charge in [-0.1, -0.05) is 91.0 Å². The van der Waals surface area contributed by atoms with Gasteiger partial charge in [0.15, 0.2) is 0 Å². The van der Waals surface area contributed by atoms with Gasteiger partial charge in [-0.25, -0.2) is 0 Å². The summed E-state index contributed by atoms with van der Waals surface area (Å²) in [4.78, 5) is 3.69. The van der Waals surface area contributed by atoms with E-state index in [4.69, 9.17) is 8.83 Å². The fraction of sp³-hybridized carbons (Fsp3) is 0.0435. The van der Waals surface area contributed by atoms with Crippen molar-refractivity contribution in [3.8, 4) is 0 Å². The van der Waals surface area contributed by atoms with Crippen molar-refractivity contribution in [3.63, 3.8) is 0 Å². The maximum Gasteiger partial charge on any atom is 0.137 e. The molecule has 2 unspecified atom stereocenters. The first-order valence-corrected chi connectivity index (χ1v) is 17.9. The second-order valence-corrected chi connectivity index (χ2v) is 14.3. The van der Waals surface area contributed by atoms with Crippen LogP contribution >= 0.6 is 11.3 Å². The van der Waals surface area contributed by atoms with Gasteiger partial charge in [0.1, 0.15) is 22.3 Å². The Morgan fingerprint density at radius 1 is 0.480 bits per heavy atom. The number of allylic oxidation sites excluding steroid dienone is 5. The Morgan fingerprint density at radius 3 is 1.90 bits per heavy atom. The minimum Gasteiger partial charge on any atom is -0.456 e. The van der Waals surface area contributed by atoms with Gasteiger partial charge in [0.25, 0.3) is 0 Å². The summed E-state index contributed by atoms with van der Waals surface area (Å²) in [6.07, 6.45) is 11.6. The third-order valence-corrected chi connectivity index (χ3v) is 11.6. The van der Waals surface area contributed by atoms with E-state index >= 15 is 0 Å². The highest BCUT2D eigenvalue weighted by Gasteiger charge is 2.33. The van der Waals surface area contributed by atoms with Crippen LogP contribution in [0, 0.1) is 5.92 Å². The largest absolute Gasteiger partial charge is 0.456 e. The number of rotatable bonds is 4. The summed E-state index contributed by atoms with van der Waals surface area (Å²) in [5.74, 6) is 0.620. The first-order chi connectivity index (χ1) is 24.8. The number of anilines is 3. The van der Waals surface area contributed by atoms with Crippen molar-refractivity contribution in [1.82, 2.24) is 0 Å². The number of hydrogen-bond donors (Lipinski definition) is 0. The van der Waals surface area contributed by atoms with Crippen molar-refractivity contribution in [2.24, 2.45) is 5.92 Å². The van der Waals surface area contributed by atoms with Crippen molar-refractivity contribution in [3.05, 3.63) is 174 Å². The maximum absolute atomic E-state index is 6.37. The molecule has 4 heteroatoms. The topological polar surface area (TPSA) is 29.5 Å². The summed E-state index contributed by atoms with van der Waals surface area (Å²) in [6.45, 7) is 0. The lowest BCUT2D eigenvalue weighted by atomic mass is 9.72. The molecule has 2 aliphatic carbocycles. The van der Waals surface area contributed by atoms with Gasteiger partial charge >= 0.3 is 0 Å². The Morgan fingerprint density at radius 2 is 1.08 bits per heavy atom. The van der Waals surface area contributed by atoms with Crippen LogP contribution in [0.4, 0.5) is 17.1 Å². The molecule has 236 valence electrons. The second-order valence-electron chi connectivity index (χ2n) is 13.2. The highest BCUT2D eigenvalue weighted by atomic mass is 32.1. The minimum absolute atomic E-state index is 0.291. The zero-order chi connectivity index (χ0) is 32.8. The van der Waals surface area contributed by atoms with E-state index < -0.39 is 0 Å². The molecule has 11 rings (SSSR count). The number of nitrogens with zero attached hydrogens (tertiary/aromatic N) is 1. The van der Waals surface area contributed by atoms with E-state index in [0.29, 0.717) is 11.8 Å². The molecule has 2 atom stereocenters. The Hall–Kier alpha value is -6.10. The molecule has 3 nitrogen and oxygen atoms in total. The normalized spacial score (nSPS) is 16.8. The number of thiophene rings is 1. The monoisotopic (exact) mass is 659 g/mol. The summed E-state index contributed by atoms with van der Waals surface area (Å²) < 4.78 is 13.9. The number of para-hydroxylation sites is 2. The predicted octanol–water partition coefficient (Wildman–Crippen LogP) is 13.5. The van der Waals surface area contributed by atoms with Crippen LogP contribution in [0.2, 0.25) is 0 Å². The first-order valence-electron chi connectivity index (χ1n) is 17.1. The van der Waals surface area contributed by atoms with Gasteiger partial charge in [0, 0.05) is 66.1 Å². The van der Waals surface area contributed by atoms with Gasteiger partial charge in [-0.3, -0.25) is 0 Å². The van der Waals surface area contributed by atoms with Gasteiger partial charge in [-0.05, 0) is 88.8 Å². The van der Waals surface area contributed by atoms with E-state index in [9.17, 15) is 0 Å². The molecular weight excluding hydrogens is 631 g/mol. The molecule has 0 fully saturated rings. The summed E-state index contributed by atoms with van der Waals surface area (Å²) in [5, 5.41) is 5.83. The highest BCUT2D eigenvalue weighted by molar-refractivity contribution is 7.20. The Labute approximate surface area is 292 Å². The lowest BCUT2D eigenvalue weighted by Crippen LogP contribution is -2.17. The number of fused-ring (bicyclic) bond motifs is 11. The zero-order valence-corrected chi connectivity index (χ0v) is 27.7. The minimum atomic E-state index is 0.291. The maximum atomic E-state index is 6.37. The second kappa shape index (κ2) is 10.7. The summed E-state index contributed by atoms with van der Waals surface area (Å²) in [7, 11) is 0. The lowest BCUT2D eigenvalue weighted by molar-refractivity contribution is 0.668. The molecule has 0 radical (unpaired) electrons. The van der Waals surface area contributed by atoms with Crippen molar-refractivity contribution >= 4 is 94.0 Å². The van der Waals surface area contributed by atoms with Gasteiger partial charge in [0.05, 0.1) is 0 Å². The first kappa shape index (κ1) is 27.8. The van der Waals surface area contributed by atoms with Crippen molar-refractivity contribution in [2.45, 2.75) is 5.92 Å². The molecule has 0 spiro atoms. The number of hydrogen-bond acceptors (Lipinski definition) is 4. The summed E-state index contributed by atoms with van der Waals surface area (Å²) >= 11 is 1.90. The van der Waals surface area contributed by atoms with Crippen molar-refractivity contribution in [1.29, 1.82) is 0 Å². The van der Waals surface area contributed by atoms with Gasteiger partial charge in [-0.2, -0.15) is 0 Å². The Kier molecular flexibility index (Phi) is 5.95. The van der Waals surface area contributed by atoms with Crippen LogP contribution in [-0.2, 0) is 0 Å². The van der Waals surface area contributed by atoms with Crippen LogP contribution < -0.4 is 4.90 Å². The smallest absolute Gasteiger partial charge is 0.137 e.